The first-order valence-electron chi connectivity index (χ1n) is 6.23. The zero-order chi connectivity index (χ0) is 15.2. The van der Waals surface area contributed by atoms with E-state index in [1.165, 1.54) is 29.7 Å². The van der Waals surface area contributed by atoms with Gasteiger partial charge in [-0.25, -0.2) is 4.98 Å². The number of anilines is 1. The Kier molecular flexibility index (Phi) is 4.83. The monoisotopic (exact) mass is 306 g/mol. The Balaban J connectivity index is 1.95. The number of rotatable bonds is 5. The van der Waals surface area contributed by atoms with Gasteiger partial charge in [0.05, 0.1) is 11.3 Å². The molecule has 7 nitrogen and oxygen atoms in total. The maximum Gasteiger partial charge on any atom is 0.258 e. The molecule has 0 aromatic carbocycles. The van der Waals surface area contributed by atoms with Crippen molar-refractivity contribution in [3.63, 3.8) is 0 Å². The molecule has 0 aliphatic rings. The van der Waals surface area contributed by atoms with E-state index in [2.05, 4.69) is 20.6 Å². The maximum absolute atomic E-state index is 11.9. The van der Waals surface area contributed by atoms with E-state index in [0.717, 1.165) is 5.69 Å². The Hall–Kier alpha value is -2.48. The van der Waals surface area contributed by atoms with Crippen LogP contribution in [0.2, 0.25) is 0 Å². The maximum atomic E-state index is 11.9. The van der Waals surface area contributed by atoms with Gasteiger partial charge in [-0.1, -0.05) is 0 Å². The van der Waals surface area contributed by atoms with Crippen LogP contribution in [0, 0.1) is 0 Å². The van der Waals surface area contributed by atoms with Gasteiger partial charge in [0.15, 0.2) is 5.13 Å². The Labute approximate surface area is 124 Å². The van der Waals surface area contributed by atoms with Crippen molar-refractivity contribution >= 4 is 28.3 Å². The second-order valence-corrected chi connectivity index (χ2v) is 5.07. The van der Waals surface area contributed by atoms with Gasteiger partial charge in [-0.3, -0.25) is 19.7 Å². The molecule has 0 unspecified atom stereocenters. The van der Waals surface area contributed by atoms with Crippen molar-refractivity contribution in [3.05, 3.63) is 45.3 Å². The fourth-order valence-electron chi connectivity index (χ4n) is 1.57. The average molecular weight is 306 g/mol. The smallest absolute Gasteiger partial charge is 0.258 e. The van der Waals surface area contributed by atoms with Crippen LogP contribution in [-0.4, -0.2) is 28.8 Å². The molecule has 0 aliphatic carbocycles. The number of hydrogen-bond acceptors (Lipinski definition) is 5. The summed E-state index contributed by atoms with van der Waals surface area (Å²) >= 11 is 1.29. The Bertz CT molecular complexity index is 687. The number of carbonyl (C=O) groups excluding carboxylic acids is 2. The number of aryl methyl sites for hydroxylation is 1. The molecule has 0 atom stereocenters. The zero-order valence-electron chi connectivity index (χ0n) is 11.3. The van der Waals surface area contributed by atoms with Crippen molar-refractivity contribution in [2.45, 2.75) is 12.8 Å². The minimum absolute atomic E-state index is 0.0539. The first-order valence-corrected chi connectivity index (χ1v) is 7.11. The fourth-order valence-corrected chi connectivity index (χ4v) is 2.31. The number of aromatic nitrogens is 2. The summed E-state index contributed by atoms with van der Waals surface area (Å²) < 4.78 is 0. The second kappa shape index (κ2) is 6.80. The number of H-pyrrole nitrogens is 1. The Morgan fingerprint density at radius 1 is 1.38 bits per heavy atom. The molecule has 0 radical (unpaired) electrons. The van der Waals surface area contributed by atoms with Crippen molar-refractivity contribution in [2.24, 2.45) is 0 Å². The van der Waals surface area contributed by atoms with Gasteiger partial charge in [0.1, 0.15) is 0 Å². The number of thiazole rings is 1. The van der Waals surface area contributed by atoms with Crippen molar-refractivity contribution in [1.82, 2.24) is 15.3 Å². The highest BCUT2D eigenvalue weighted by Crippen LogP contribution is 2.17. The number of nitrogens with zero attached hydrogens (tertiary/aromatic N) is 1. The van der Waals surface area contributed by atoms with E-state index in [1.807, 2.05) is 0 Å². The van der Waals surface area contributed by atoms with Crippen molar-refractivity contribution in [3.8, 4) is 0 Å². The topological polar surface area (TPSA) is 104 Å². The molecule has 0 saturated carbocycles. The highest BCUT2D eigenvalue weighted by atomic mass is 32.1. The van der Waals surface area contributed by atoms with Crippen molar-refractivity contribution in [1.29, 1.82) is 0 Å². The molecular formula is C13H14N4O3S. The molecule has 21 heavy (non-hydrogen) atoms. The van der Waals surface area contributed by atoms with Gasteiger partial charge in [-0.2, -0.15) is 0 Å². The van der Waals surface area contributed by atoms with Crippen molar-refractivity contribution < 1.29 is 9.59 Å². The second-order valence-electron chi connectivity index (χ2n) is 4.21. The van der Waals surface area contributed by atoms with Crippen LogP contribution in [0.5, 0.6) is 0 Å². The molecule has 2 heterocycles. The zero-order valence-corrected chi connectivity index (χ0v) is 12.1. The molecule has 0 spiro atoms. The molecule has 0 bridgehead atoms. The SMILES string of the molecule is CNC(=O)CCc1csc(NC(=O)c2ccc(=O)[nH]c2)n1. The van der Waals surface area contributed by atoms with Gasteiger partial charge >= 0.3 is 0 Å². The molecule has 2 aromatic heterocycles. The van der Waals surface area contributed by atoms with E-state index in [0.29, 0.717) is 23.5 Å². The Morgan fingerprint density at radius 2 is 2.19 bits per heavy atom. The Morgan fingerprint density at radius 3 is 2.86 bits per heavy atom. The lowest BCUT2D eigenvalue weighted by Crippen LogP contribution is -2.18. The molecule has 2 aromatic rings. The van der Waals surface area contributed by atoms with Crippen LogP contribution in [-0.2, 0) is 11.2 Å². The highest BCUT2D eigenvalue weighted by Gasteiger charge is 2.10. The van der Waals surface area contributed by atoms with Crippen LogP contribution in [0.4, 0.5) is 5.13 Å². The lowest BCUT2D eigenvalue weighted by Gasteiger charge is -2.00. The summed E-state index contributed by atoms with van der Waals surface area (Å²) in [5.74, 6) is -0.403. The molecule has 0 aliphatic heterocycles. The van der Waals surface area contributed by atoms with Gasteiger partial charge in [0.2, 0.25) is 11.5 Å². The lowest BCUT2D eigenvalue weighted by molar-refractivity contribution is -0.120. The summed E-state index contributed by atoms with van der Waals surface area (Å²) in [4.78, 5) is 40.7. The van der Waals surface area contributed by atoms with E-state index in [9.17, 15) is 14.4 Å². The standard InChI is InChI=1S/C13H14N4O3S/c1-14-10(18)5-3-9-7-21-13(16-9)17-12(20)8-2-4-11(19)15-6-8/h2,4,6-7H,3,5H2,1H3,(H,14,18)(H,15,19)(H,16,17,20). The molecule has 110 valence electrons. The number of aromatic amines is 1. The summed E-state index contributed by atoms with van der Waals surface area (Å²) in [6.07, 6.45) is 2.22. The summed E-state index contributed by atoms with van der Waals surface area (Å²) in [5, 5.41) is 7.44. The van der Waals surface area contributed by atoms with Gasteiger partial charge in [0.25, 0.3) is 5.91 Å². The molecular weight excluding hydrogens is 292 g/mol. The normalized spacial score (nSPS) is 10.1. The molecule has 3 N–H and O–H groups in total. The van der Waals surface area contributed by atoms with E-state index in [1.54, 1.807) is 12.4 Å². The highest BCUT2D eigenvalue weighted by molar-refractivity contribution is 7.13. The van der Waals surface area contributed by atoms with Gasteiger partial charge in [0, 0.05) is 31.1 Å². The van der Waals surface area contributed by atoms with Gasteiger partial charge in [-0.15, -0.1) is 11.3 Å². The molecule has 2 rings (SSSR count). The molecule has 0 fully saturated rings. The van der Waals surface area contributed by atoms with Crippen LogP contribution in [0.25, 0.3) is 0 Å². The first-order chi connectivity index (χ1) is 10.1. The third-order valence-electron chi connectivity index (χ3n) is 2.71. The van der Waals surface area contributed by atoms with E-state index >= 15 is 0 Å². The largest absolute Gasteiger partial charge is 0.359 e. The predicted molar refractivity (Wildman–Crippen MR) is 79.5 cm³/mol. The van der Waals surface area contributed by atoms with Crippen LogP contribution in [0.3, 0.4) is 0 Å². The fraction of sp³-hybridized carbons (Fsp3) is 0.231. The molecule has 8 heteroatoms. The van der Waals surface area contributed by atoms with E-state index in [-0.39, 0.29) is 17.4 Å². The minimum atomic E-state index is -0.349. The average Bonchev–Trinajstić information content (AvgIpc) is 2.93. The quantitative estimate of drug-likeness (QED) is 0.758. The number of carbonyl (C=O) groups is 2. The third-order valence-corrected chi connectivity index (χ3v) is 3.51. The number of amides is 2. The predicted octanol–water partition coefficient (Wildman–Crippen LogP) is 0.762. The summed E-state index contributed by atoms with van der Waals surface area (Å²) in [5.41, 5.74) is 0.828. The van der Waals surface area contributed by atoms with Gasteiger partial charge < -0.3 is 10.3 Å². The first kappa shape index (κ1) is 14.9. The van der Waals surface area contributed by atoms with Gasteiger partial charge in [-0.05, 0) is 12.5 Å². The van der Waals surface area contributed by atoms with Crippen LogP contribution < -0.4 is 16.2 Å². The number of pyridine rings is 1. The van der Waals surface area contributed by atoms with Crippen LogP contribution in [0.1, 0.15) is 22.5 Å². The van der Waals surface area contributed by atoms with Crippen LogP contribution >= 0.6 is 11.3 Å². The summed E-state index contributed by atoms with van der Waals surface area (Å²) in [6, 6.07) is 2.72. The van der Waals surface area contributed by atoms with E-state index in [4.69, 9.17) is 0 Å². The minimum Gasteiger partial charge on any atom is -0.359 e. The van der Waals surface area contributed by atoms with Crippen LogP contribution in [0.15, 0.2) is 28.5 Å². The number of nitrogens with one attached hydrogen (secondary N) is 3. The molecule has 2 amide bonds. The number of hydrogen-bond donors (Lipinski definition) is 3. The summed E-state index contributed by atoms with van der Waals surface area (Å²) in [7, 11) is 1.58. The van der Waals surface area contributed by atoms with E-state index < -0.39 is 0 Å². The summed E-state index contributed by atoms with van der Waals surface area (Å²) in [6.45, 7) is 0. The third kappa shape index (κ3) is 4.25. The van der Waals surface area contributed by atoms with Crippen molar-refractivity contribution in [2.75, 3.05) is 12.4 Å². The lowest BCUT2D eigenvalue weighted by atomic mass is 10.2. The molecule has 0 saturated heterocycles.